The standard InChI is InChI=1S/C12H13N3O5/c1-12(2,3)20-11(17)14-9-6-7(15(18)19)4-5-8(9)10(16)13-14/h4-6H,1-3H3,(H,13,16). The number of H-pyrrole nitrogens is 1. The van der Waals surface area contributed by atoms with Crippen molar-refractivity contribution in [2.45, 2.75) is 26.4 Å². The lowest BCUT2D eigenvalue weighted by Gasteiger charge is -2.19. The van der Waals surface area contributed by atoms with Crippen LogP contribution >= 0.6 is 0 Å². The van der Waals surface area contributed by atoms with Gasteiger partial charge in [0.1, 0.15) is 5.60 Å². The zero-order chi connectivity index (χ0) is 15.1. The van der Waals surface area contributed by atoms with E-state index in [-0.39, 0.29) is 16.6 Å². The second-order valence-electron chi connectivity index (χ2n) is 5.22. The van der Waals surface area contributed by atoms with E-state index in [1.165, 1.54) is 12.1 Å². The van der Waals surface area contributed by atoms with Crippen LogP contribution in [0.1, 0.15) is 20.8 Å². The normalized spacial score (nSPS) is 11.6. The van der Waals surface area contributed by atoms with Gasteiger partial charge in [-0.25, -0.2) is 4.79 Å². The number of aromatic amines is 1. The highest BCUT2D eigenvalue weighted by Gasteiger charge is 2.21. The summed E-state index contributed by atoms with van der Waals surface area (Å²) in [5.74, 6) is 0. The van der Waals surface area contributed by atoms with Crippen molar-refractivity contribution in [1.29, 1.82) is 0 Å². The van der Waals surface area contributed by atoms with Crippen molar-refractivity contribution in [2.75, 3.05) is 0 Å². The maximum atomic E-state index is 12.0. The highest BCUT2D eigenvalue weighted by atomic mass is 16.6. The van der Waals surface area contributed by atoms with Gasteiger partial charge in [-0.2, -0.15) is 4.68 Å². The molecule has 0 saturated heterocycles. The van der Waals surface area contributed by atoms with Crippen LogP contribution in [0.3, 0.4) is 0 Å². The summed E-state index contributed by atoms with van der Waals surface area (Å²) in [6, 6.07) is 3.65. The van der Waals surface area contributed by atoms with Gasteiger partial charge in [-0.1, -0.05) is 0 Å². The minimum Gasteiger partial charge on any atom is -0.442 e. The fourth-order valence-corrected chi connectivity index (χ4v) is 1.68. The Morgan fingerprint density at radius 2 is 2.05 bits per heavy atom. The number of nitro groups is 1. The molecule has 8 heteroatoms. The molecule has 0 bridgehead atoms. The molecule has 0 aliphatic heterocycles. The molecule has 0 radical (unpaired) electrons. The summed E-state index contributed by atoms with van der Waals surface area (Å²) in [4.78, 5) is 33.8. The maximum absolute atomic E-state index is 12.0. The second kappa shape index (κ2) is 4.48. The lowest BCUT2D eigenvalue weighted by molar-refractivity contribution is -0.384. The highest BCUT2D eigenvalue weighted by molar-refractivity contribution is 5.88. The molecule has 20 heavy (non-hydrogen) atoms. The first-order chi connectivity index (χ1) is 9.19. The summed E-state index contributed by atoms with van der Waals surface area (Å²) < 4.78 is 6.00. The van der Waals surface area contributed by atoms with Gasteiger partial charge in [-0.3, -0.25) is 20.0 Å². The number of non-ortho nitro benzene ring substituents is 1. The zero-order valence-corrected chi connectivity index (χ0v) is 11.2. The largest absolute Gasteiger partial charge is 0.442 e. The van der Waals surface area contributed by atoms with Crippen molar-refractivity contribution >= 4 is 22.7 Å². The lowest BCUT2D eigenvalue weighted by Crippen LogP contribution is -2.28. The van der Waals surface area contributed by atoms with Gasteiger partial charge in [0.25, 0.3) is 11.2 Å². The third kappa shape index (κ3) is 2.53. The number of nitro benzene ring substituents is 1. The molecule has 1 aromatic carbocycles. The van der Waals surface area contributed by atoms with Crippen LogP contribution in [-0.4, -0.2) is 26.4 Å². The number of carbonyl (C=O) groups is 1. The van der Waals surface area contributed by atoms with E-state index >= 15 is 0 Å². The molecule has 0 aliphatic carbocycles. The number of fused-ring (bicyclic) bond motifs is 1. The third-order valence-electron chi connectivity index (χ3n) is 2.47. The molecule has 8 nitrogen and oxygen atoms in total. The Kier molecular flexibility index (Phi) is 3.09. The first-order valence-electron chi connectivity index (χ1n) is 5.81. The van der Waals surface area contributed by atoms with Gasteiger partial charge in [-0.05, 0) is 26.8 Å². The fraction of sp³-hybridized carbons (Fsp3) is 0.333. The smallest absolute Gasteiger partial charge is 0.434 e. The zero-order valence-electron chi connectivity index (χ0n) is 11.2. The average molecular weight is 279 g/mol. The van der Waals surface area contributed by atoms with E-state index in [0.717, 1.165) is 10.7 Å². The topological polar surface area (TPSA) is 107 Å². The molecule has 0 unspecified atom stereocenters. The van der Waals surface area contributed by atoms with E-state index in [4.69, 9.17) is 4.74 Å². The summed E-state index contributed by atoms with van der Waals surface area (Å²) in [6.45, 7) is 5.03. The molecule has 2 aromatic rings. The number of nitrogens with zero attached hydrogens (tertiary/aromatic N) is 2. The predicted octanol–water partition coefficient (Wildman–Crippen LogP) is 2.02. The van der Waals surface area contributed by atoms with Crippen molar-refractivity contribution in [3.05, 3.63) is 38.7 Å². The van der Waals surface area contributed by atoms with Crippen LogP contribution in [0.2, 0.25) is 0 Å². The second-order valence-corrected chi connectivity index (χ2v) is 5.22. The van der Waals surface area contributed by atoms with Crippen LogP contribution in [0.25, 0.3) is 10.9 Å². The van der Waals surface area contributed by atoms with Gasteiger partial charge in [0, 0.05) is 12.1 Å². The van der Waals surface area contributed by atoms with E-state index in [1.54, 1.807) is 20.8 Å². The quantitative estimate of drug-likeness (QED) is 0.634. The Morgan fingerprint density at radius 1 is 1.40 bits per heavy atom. The van der Waals surface area contributed by atoms with Gasteiger partial charge < -0.3 is 4.74 Å². The first-order valence-corrected chi connectivity index (χ1v) is 5.81. The number of carbonyl (C=O) groups excluding carboxylic acids is 1. The molecule has 0 saturated carbocycles. The van der Waals surface area contributed by atoms with E-state index in [0.29, 0.717) is 0 Å². The molecule has 0 spiro atoms. The van der Waals surface area contributed by atoms with Crippen LogP contribution < -0.4 is 5.56 Å². The molecule has 2 rings (SSSR count). The van der Waals surface area contributed by atoms with Crippen LogP contribution in [0.15, 0.2) is 23.0 Å². The monoisotopic (exact) mass is 279 g/mol. The van der Waals surface area contributed by atoms with Crippen molar-refractivity contribution in [3.63, 3.8) is 0 Å². The van der Waals surface area contributed by atoms with Crippen LogP contribution in [0, 0.1) is 10.1 Å². The number of nitrogens with one attached hydrogen (secondary N) is 1. The van der Waals surface area contributed by atoms with E-state index < -0.39 is 22.2 Å². The van der Waals surface area contributed by atoms with E-state index in [1.807, 2.05) is 0 Å². The lowest BCUT2D eigenvalue weighted by atomic mass is 10.2. The molecule has 1 heterocycles. The Morgan fingerprint density at radius 3 is 2.60 bits per heavy atom. The summed E-state index contributed by atoms with van der Waals surface area (Å²) in [7, 11) is 0. The molecule has 106 valence electrons. The molecule has 0 aliphatic rings. The average Bonchev–Trinajstić information content (AvgIpc) is 2.64. The number of benzene rings is 1. The summed E-state index contributed by atoms with van der Waals surface area (Å²) in [6.07, 6.45) is -0.801. The number of hydrogen-bond acceptors (Lipinski definition) is 5. The van der Waals surface area contributed by atoms with Gasteiger partial charge in [0.2, 0.25) is 0 Å². The number of ether oxygens (including phenoxy) is 1. The van der Waals surface area contributed by atoms with Crippen molar-refractivity contribution in [3.8, 4) is 0 Å². The fourth-order valence-electron chi connectivity index (χ4n) is 1.68. The highest BCUT2D eigenvalue weighted by Crippen LogP contribution is 2.19. The molecular formula is C12H13N3O5. The molecule has 0 atom stereocenters. The maximum Gasteiger partial charge on any atom is 0.434 e. The van der Waals surface area contributed by atoms with E-state index in [2.05, 4.69) is 5.10 Å². The number of rotatable bonds is 1. The van der Waals surface area contributed by atoms with E-state index in [9.17, 15) is 19.7 Å². The Bertz CT molecular complexity index is 751. The predicted molar refractivity (Wildman–Crippen MR) is 70.8 cm³/mol. The van der Waals surface area contributed by atoms with Crippen molar-refractivity contribution in [1.82, 2.24) is 9.78 Å². The van der Waals surface area contributed by atoms with Gasteiger partial charge in [0.15, 0.2) is 0 Å². The van der Waals surface area contributed by atoms with Crippen LogP contribution in [0.4, 0.5) is 10.5 Å². The van der Waals surface area contributed by atoms with Crippen molar-refractivity contribution in [2.24, 2.45) is 0 Å². The number of hydrogen-bond donors (Lipinski definition) is 1. The van der Waals surface area contributed by atoms with Crippen molar-refractivity contribution < 1.29 is 14.5 Å². The van der Waals surface area contributed by atoms with Gasteiger partial charge in [0.05, 0.1) is 15.8 Å². The summed E-state index contributed by atoms with van der Waals surface area (Å²) in [5.41, 5.74) is -1.36. The third-order valence-corrected chi connectivity index (χ3v) is 2.47. The SMILES string of the molecule is CC(C)(C)OC(=O)n1[nH]c(=O)c2ccc([N+](=O)[O-])cc21. The molecular weight excluding hydrogens is 266 g/mol. The van der Waals surface area contributed by atoms with Gasteiger partial charge in [-0.15, -0.1) is 0 Å². The molecule has 0 fully saturated rings. The Hall–Kier alpha value is -2.64. The minimum atomic E-state index is -0.801. The minimum absolute atomic E-state index is 0.110. The summed E-state index contributed by atoms with van der Waals surface area (Å²) in [5, 5.41) is 13.2. The first kappa shape index (κ1) is 13.8. The molecule has 1 N–H and O–H groups in total. The van der Waals surface area contributed by atoms with Gasteiger partial charge >= 0.3 is 6.09 Å². The Labute approximate surface area is 113 Å². The molecule has 1 aromatic heterocycles. The van der Waals surface area contributed by atoms with Crippen LogP contribution in [0.5, 0.6) is 0 Å². The molecule has 0 amide bonds. The number of aromatic nitrogens is 2. The van der Waals surface area contributed by atoms with Crippen LogP contribution in [-0.2, 0) is 4.74 Å². The Balaban J connectivity index is 2.59. The summed E-state index contributed by atoms with van der Waals surface area (Å²) >= 11 is 0.